The Bertz CT molecular complexity index is 430. The molecule has 3 heteroatoms. The van der Waals surface area contributed by atoms with Crippen molar-refractivity contribution in [2.24, 2.45) is 0 Å². The molecule has 19 heavy (non-hydrogen) atoms. The highest BCUT2D eigenvalue weighted by Crippen LogP contribution is 2.16. The summed E-state index contributed by atoms with van der Waals surface area (Å²) in [6.45, 7) is 5.89. The van der Waals surface area contributed by atoms with E-state index in [-0.39, 0.29) is 5.91 Å². The lowest BCUT2D eigenvalue weighted by molar-refractivity contribution is 0.0774. The number of hydrogen-bond donors (Lipinski definition) is 1. The van der Waals surface area contributed by atoms with Gasteiger partial charge in [-0.15, -0.1) is 0 Å². The molecular weight excluding hydrogens is 236 g/mol. The van der Waals surface area contributed by atoms with Gasteiger partial charge in [0, 0.05) is 25.2 Å². The number of benzene rings is 1. The number of piperidine rings is 1. The van der Waals surface area contributed by atoms with Crippen LogP contribution in [-0.4, -0.2) is 37.0 Å². The monoisotopic (exact) mass is 260 g/mol. The van der Waals surface area contributed by atoms with E-state index in [9.17, 15) is 4.79 Å². The summed E-state index contributed by atoms with van der Waals surface area (Å²) >= 11 is 0. The van der Waals surface area contributed by atoms with Crippen molar-refractivity contribution in [1.82, 2.24) is 10.2 Å². The Morgan fingerprint density at radius 3 is 2.58 bits per heavy atom. The third-order valence-corrected chi connectivity index (χ3v) is 3.95. The molecule has 1 aliphatic heterocycles. The molecule has 1 saturated heterocycles. The molecule has 1 atom stereocenters. The van der Waals surface area contributed by atoms with Gasteiger partial charge in [-0.25, -0.2) is 0 Å². The highest BCUT2D eigenvalue weighted by molar-refractivity contribution is 5.96. The van der Waals surface area contributed by atoms with Crippen LogP contribution in [0, 0.1) is 13.8 Å². The zero-order valence-corrected chi connectivity index (χ0v) is 12.2. The van der Waals surface area contributed by atoms with Crippen molar-refractivity contribution < 1.29 is 4.79 Å². The van der Waals surface area contributed by atoms with Gasteiger partial charge < -0.3 is 10.2 Å². The molecule has 1 aromatic rings. The molecule has 1 fully saturated rings. The van der Waals surface area contributed by atoms with Crippen LogP contribution in [0.15, 0.2) is 18.2 Å². The lowest BCUT2D eigenvalue weighted by Crippen LogP contribution is -2.44. The molecule has 1 amide bonds. The van der Waals surface area contributed by atoms with Crippen molar-refractivity contribution in [2.45, 2.75) is 39.2 Å². The van der Waals surface area contributed by atoms with Crippen molar-refractivity contribution in [3.63, 3.8) is 0 Å². The predicted molar refractivity (Wildman–Crippen MR) is 78.5 cm³/mol. The minimum absolute atomic E-state index is 0.142. The van der Waals surface area contributed by atoms with Crippen molar-refractivity contribution in [2.75, 3.05) is 20.1 Å². The van der Waals surface area contributed by atoms with Gasteiger partial charge >= 0.3 is 0 Å². The van der Waals surface area contributed by atoms with E-state index in [1.165, 1.54) is 19.3 Å². The lowest BCUT2D eigenvalue weighted by atomic mass is 10.0. The van der Waals surface area contributed by atoms with Gasteiger partial charge in [0.2, 0.25) is 0 Å². The fraction of sp³-hybridized carbons (Fsp3) is 0.562. The first kappa shape index (κ1) is 14.1. The SMILES string of the molecule is Cc1cccc(C)c1C(=O)N(C)CC1CCCCN1. The first-order valence-electron chi connectivity index (χ1n) is 7.14. The number of amides is 1. The maximum atomic E-state index is 12.6. The van der Waals surface area contributed by atoms with Gasteiger partial charge in [-0.3, -0.25) is 4.79 Å². The standard InChI is InChI=1S/C16H24N2O/c1-12-7-6-8-13(2)15(12)16(19)18(3)11-14-9-4-5-10-17-14/h6-8,14,17H,4-5,9-11H2,1-3H3. The maximum Gasteiger partial charge on any atom is 0.254 e. The van der Waals surface area contributed by atoms with Crippen LogP contribution in [0.4, 0.5) is 0 Å². The van der Waals surface area contributed by atoms with Crippen LogP contribution in [0.25, 0.3) is 0 Å². The van der Waals surface area contributed by atoms with E-state index in [1.54, 1.807) is 0 Å². The van der Waals surface area contributed by atoms with Gasteiger partial charge in [0.05, 0.1) is 0 Å². The smallest absolute Gasteiger partial charge is 0.254 e. The van der Waals surface area contributed by atoms with Crippen LogP contribution in [0.3, 0.4) is 0 Å². The molecular formula is C16H24N2O. The number of hydrogen-bond acceptors (Lipinski definition) is 2. The van der Waals surface area contributed by atoms with Gasteiger partial charge in [0.25, 0.3) is 5.91 Å². The fourth-order valence-corrected chi connectivity index (χ4v) is 2.84. The molecule has 2 rings (SSSR count). The highest BCUT2D eigenvalue weighted by atomic mass is 16.2. The second-order valence-electron chi connectivity index (χ2n) is 5.60. The zero-order chi connectivity index (χ0) is 13.8. The number of nitrogens with zero attached hydrogens (tertiary/aromatic N) is 1. The van der Waals surface area contributed by atoms with E-state index in [0.717, 1.165) is 29.8 Å². The van der Waals surface area contributed by atoms with Crippen LogP contribution in [0.1, 0.15) is 40.7 Å². The van der Waals surface area contributed by atoms with Crippen LogP contribution in [-0.2, 0) is 0 Å². The summed E-state index contributed by atoms with van der Waals surface area (Å²) in [6.07, 6.45) is 3.69. The second kappa shape index (κ2) is 6.20. The van der Waals surface area contributed by atoms with Crippen molar-refractivity contribution in [3.05, 3.63) is 34.9 Å². The fourth-order valence-electron chi connectivity index (χ4n) is 2.84. The van der Waals surface area contributed by atoms with Crippen LogP contribution in [0.5, 0.6) is 0 Å². The van der Waals surface area contributed by atoms with E-state index in [1.807, 2.05) is 44.0 Å². The summed E-state index contributed by atoms with van der Waals surface area (Å²) in [5.74, 6) is 0.142. The number of rotatable bonds is 3. The molecule has 1 N–H and O–H groups in total. The van der Waals surface area contributed by atoms with E-state index < -0.39 is 0 Å². The number of carbonyl (C=O) groups excluding carboxylic acids is 1. The topological polar surface area (TPSA) is 32.3 Å². The summed E-state index contributed by atoms with van der Waals surface area (Å²) in [7, 11) is 1.91. The van der Waals surface area contributed by atoms with Crippen LogP contribution >= 0.6 is 0 Å². The number of likely N-dealkylation sites (N-methyl/N-ethyl adjacent to an activating group) is 1. The predicted octanol–water partition coefficient (Wildman–Crippen LogP) is 2.52. The maximum absolute atomic E-state index is 12.6. The molecule has 0 bridgehead atoms. The normalized spacial score (nSPS) is 19.2. The third kappa shape index (κ3) is 3.35. The van der Waals surface area contributed by atoms with Gasteiger partial charge in [-0.2, -0.15) is 0 Å². The lowest BCUT2D eigenvalue weighted by Gasteiger charge is -2.28. The Hall–Kier alpha value is -1.35. The Labute approximate surface area is 116 Å². The van der Waals surface area contributed by atoms with E-state index in [4.69, 9.17) is 0 Å². The Morgan fingerprint density at radius 2 is 2.00 bits per heavy atom. The first-order chi connectivity index (χ1) is 9.09. The number of carbonyl (C=O) groups is 1. The zero-order valence-electron chi connectivity index (χ0n) is 12.2. The van der Waals surface area contributed by atoms with Gasteiger partial charge in [-0.1, -0.05) is 24.6 Å². The molecule has 1 aliphatic rings. The summed E-state index contributed by atoms with van der Waals surface area (Å²) in [4.78, 5) is 14.4. The van der Waals surface area contributed by atoms with Crippen LogP contribution in [0.2, 0.25) is 0 Å². The summed E-state index contributed by atoms with van der Waals surface area (Å²) < 4.78 is 0. The third-order valence-electron chi connectivity index (χ3n) is 3.95. The molecule has 1 aromatic carbocycles. The summed E-state index contributed by atoms with van der Waals surface area (Å²) in [5.41, 5.74) is 2.99. The van der Waals surface area contributed by atoms with Crippen molar-refractivity contribution in [3.8, 4) is 0 Å². The quantitative estimate of drug-likeness (QED) is 0.905. The molecule has 0 aromatic heterocycles. The Morgan fingerprint density at radius 1 is 1.32 bits per heavy atom. The number of aryl methyl sites for hydroxylation is 2. The molecule has 104 valence electrons. The number of nitrogens with one attached hydrogen (secondary N) is 1. The van der Waals surface area contributed by atoms with Crippen molar-refractivity contribution >= 4 is 5.91 Å². The molecule has 0 aliphatic carbocycles. The average molecular weight is 260 g/mol. The minimum atomic E-state index is 0.142. The molecule has 1 unspecified atom stereocenters. The Kier molecular flexibility index (Phi) is 4.59. The van der Waals surface area contributed by atoms with Crippen molar-refractivity contribution in [1.29, 1.82) is 0 Å². The van der Waals surface area contributed by atoms with E-state index in [2.05, 4.69) is 5.32 Å². The van der Waals surface area contributed by atoms with Gasteiger partial charge in [0.1, 0.15) is 0 Å². The Balaban J connectivity index is 2.06. The first-order valence-corrected chi connectivity index (χ1v) is 7.14. The molecule has 1 heterocycles. The highest BCUT2D eigenvalue weighted by Gasteiger charge is 2.20. The minimum Gasteiger partial charge on any atom is -0.340 e. The average Bonchev–Trinajstić information content (AvgIpc) is 2.39. The largest absolute Gasteiger partial charge is 0.340 e. The summed E-state index contributed by atoms with van der Waals surface area (Å²) in [6, 6.07) is 6.47. The molecule has 0 spiro atoms. The summed E-state index contributed by atoms with van der Waals surface area (Å²) in [5, 5.41) is 3.49. The molecule has 0 saturated carbocycles. The van der Waals surface area contributed by atoms with Gasteiger partial charge in [0.15, 0.2) is 0 Å². The van der Waals surface area contributed by atoms with Crippen LogP contribution < -0.4 is 5.32 Å². The van der Waals surface area contributed by atoms with Gasteiger partial charge in [-0.05, 0) is 44.4 Å². The van der Waals surface area contributed by atoms with E-state index in [0.29, 0.717) is 6.04 Å². The molecule has 3 nitrogen and oxygen atoms in total. The molecule has 0 radical (unpaired) electrons. The van der Waals surface area contributed by atoms with E-state index >= 15 is 0 Å². The second-order valence-corrected chi connectivity index (χ2v) is 5.60.